The van der Waals surface area contributed by atoms with Crippen molar-refractivity contribution in [2.45, 2.75) is 20.0 Å². The fourth-order valence-corrected chi connectivity index (χ4v) is 1.39. The third kappa shape index (κ3) is 2.11. The summed E-state index contributed by atoms with van der Waals surface area (Å²) in [5, 5.41) is 8.70. The van der Waals surface area contributed by atoms with Crippen molar-refractivity contribution in [1.82, 2.24) is 0 Å². The van der Waals surface area contributed by atoms with Crippen LogP contribution in [0.1, 0.15) is 27.0 Å². The second-order valence-electron chi connectivity index (χ2n) is 2.94. The van der Waals surface area contributed by atoms with Crippen molar-refractivity contribution in [2.24, 2.45) is 0 Å². The van der Waals surface area contributed by atoms with E-state index in [1.807, 2.05) is 0 Å². The Bertz CT molecular complexity index is 377. The molecule has 0 atom stereocenters. The first-order valence-corrected chi connectivity index (χ1v) is 4.20. The van der Waals surface area contributed by atoms with Crippen LogP contribution in [0, 0.1) is 0 Å². The van der Waals surface area contributed by atoms with Gasteiger partial charge in [-0.2, -0.15) is 0 Å². The molecule has 5 heteroatoms. The zero-order valence-electron chi connectivity index (χ0n) is 7.77. The van der Waals surface area contributed by atoms with Gasteiger partial charge in [-0.05, 0) is 17.2 Å². The summed E-state index contributed by atoms with van der Waals surface area (Å²) in [4.78, 5) is 10.7. The molecular weight excluding hydrogens is 209 g/mol. The number of hydrogen-bond donors (Lipinski definition) is 1. The molecule has 1 aromatic rings. The molecule has 0 aliphatic heterocycles. The van der Waals surface area contributed by atoms with Crippen molar-refractivity contribution in [2.75, 3.05) is 0 Å². The Morgan fingerprint density at radius 3 is 2.07 bits per heavy atom. The molecule has 2 nitrogen and oxygen atoms in total. The summed E-state index contributed by atoms with van der Waals surface area (Å²) in [6, 6.07) is 2.25. The van der Waals surface area contributed by atoms with Crippen molar-refractivity contribution in [3.63, 3.8) is 0 Å². The van der Waals surface area contributed by atoms with Crippen molar-refractivity contribution in [3.8, 4) is 0 Å². The lowest BCUT2D eigenvalue weighted by Gasteiger charge is -2.10. The van der Waals surface area contributed by atoms with Gasteiger partial charge in [0.25, 0.3) is 0 Å². The van der Waals surface area contributed by atoms with Crippen LogP contribution in [0.5, 0.6) is 0 Å². The molecule has 1 rings (SSSR count). The number of hydrogen-bond acceptors (Lipinski definition) is 1. The van der Waals surface area contributed by atoms with Crippen LogP contribution in [-0.4, -0.2) is 11.1 Å². The van der Waals surface area contributed by atoms with Gasteiger partial charge in [0, 0.05) is 5.56 Å². The first-order chi connectivity index (χ1) is 7.15. The van der Waals surface area contributed by atoms with E-state index >= 15 is 0 Å². The van der Waals surface area contributed by atoms with Gasteiger partial charge in [0.05, 0.1) is 5.56 Å². The average Bonchev–Trinajstić information content (AvgIpc) is 2.26. The lowest BCUT2D eigenvalue weighted by Crippen LogP contribution is -2.06. The maximum Gasteiger partial charge on any atom is 0.336 e. The molecule has 0 saturated heterocycles. The lowest BCUT2D eigenvalue weighted by molar-refractivity contribution is 0.0694. The number of carboxylic acid groups (broad SMARTS) is 1. The predicted octanol–water partition coefficient (Wildman–Crippen LogP) is 2.79. The molecule has 1 N–H and O–H groups in total. The molecule has 0 spiro atoms. The number of rotatable bonds is 4. The SMILES string of the molecule is O=C(O)c1ccc(CF)c(CF)c1CF. The maximum atomic E-state index is 12.6. The number of aromatic carboxylic acids is 1. The van der Waals surface area contributed by atoms with Crippen molar-refractivity contribution in [1.29, 1.82) is 0 Å². The van der Waals surface area contributed by atoms with E-state index in [4.69, 9.17) is 5.11 Å². The second-order valence-corrected chi connectivity index (χ2v) is 2.94. The quantitative estimate of drug-likeness (QED) is 0.843. The molecule has 0 heterocycles. The molecule has 0 bridgehead atoms. The summed E-state index contributed by atoms with van der Waals surface area (Å²) in [7, 11) is 0. The van der Waals surface area contributed by atoms with Gasteiger partial charge in [0.2, 0.25) is 0 Å². The normalized spacial score (nSPS) is 10.3. The van der Waals surface area contributed by atoms with Crippen molar-refractivity contribution >= 4 is 5.97 Å². The van der Waals surface area contributed by atoms with Gasteiger partial charge in [-0.15, -0.1) is 0 Å². The molecule has 15 heavy (non-hydrogen) atoms. The van der Waals surface area contributed by atoms with Crippen molar-refractivity contribution < 1.29 is 23.1 Å². The number of benzene rings is 1. The molecule has 0 aliphatic rings. The predicted molar refractivity (Wildman–Crippen MR) is 47.8 cm³/mol. The molecule has 0 fully saturated rings. The van der Waals surface area contributed by atoms with Crippen LogP contribution in [0.25, 0.3) is 0 Å². The summed E-state index contributed by atoms with van der Waals surface area (Å²) in [6.07, 6.45) is 0. The number of halogens is 3. The summed E-state index contributed by atoms with van der Waals surface area (Å²) in [5.74, 6) is -1.34. The van der Waals surface area contributed by atoms with E-state index in [1.165, 1.54) is 0 Å². The van der Waals surface area contributed by atoms with Gasteiger partial charge in [-0.25, -0.2) is 18.0 Å². The third-order valence-corrected chi connectivity index (χ3v) is 2.17. The first kappa shape index (κ1) is 11.6. The smallest absolute Gasteiger partial charge is 0.336 e. The van der Waals surface area contributed by atoms with Gasteiger partial charge < -0.3 is 5.11 Å². The molecular formula is C10H9F3O2. The monoisotopic (exact) mass is 218 g/mol. The Hall–Kier alpha value is -1.52. The minimum Gasteiger partial charge on any atom is -0.478 e. The van der Waals surface area contributed by atoms with E-state index in [9.17, 15) is 18.0 Å². The molecule has 0 aliphatic carbocycles. The zero-order chi connectivity index (χ0) is 11.4. The fraction of sp³-hybridized carbons (Fsp3) is 0.300. The van der Waals surface area contributed by atoms with Gasteiger partial charge in [-0.1, -0.05) is 6.07 Å². The molecule has 0 aromatic heterocycles. The minimum absolute atomic E-state index is 0.00449. The Balaban J connectivity index is 3.40. The highest BCUT2D eigenvalue weighted by Gasteiger charge is 2.17. The Kier molecular flexibility index (Phi) is 3.71. The minimum atomic E-state index is -1.34. The molecule has 0 saturated carbocycles. The second kappa shape index (κ2) is 4.82. The van der Waals surface area contributed by atoms with E-state index in [0.717, 1.165) is 12.1 Å². The van der Waals surface area contributed by atoms with Gasteiger partial charge in [-0.3, -0.25) is 0 Å². The summed E-state index contributed by atoms with van der Waals surface area (Å²) >= 11 is 0. The summed E-state index contributed by atoms with van der Waals surface area (Å²) in [6.45, 7) is -3.12. The third-order valence-electron chi connectivity index (χ3n) is 2.17. The van der Waals surface area contributed by atoms with E-state index in [0.29, 0.717) is 0 Å². The highest BCUT2D eigenvalue weighted by Crippen LogP contribution is 2.22. The summed E-state index contributed by atoms with van der Waals surface area (Å²) in [5.41, 5.74) is -0.794. The fourth-order valence-electron chi connectivity index (χ4n) is 1.39. The summed E-state index contributed by atoms with van der Waals surface area (Å²) < 4.78 is 37.5. The van der Waals surface area contributed by atoms with Crippen LogP contribution in [0.2, 0.25) is 0 Å². The van der Waals surface area contributed by atoms with E-state index in [2.05, 4.69) is 0 Å². The average molecular weight is 218 g/mol. The highest BCUT2D eigenvalue weighted by atomic mass is 19.1. The Labute approximate surface area is 84.3 Å². The van der Waals surface area contributed by atoms with Crippen molar-refractivity contribution in [3.05, 3.63) is 34.4 Å². The number of alkyl halides is 3. The van der Waals surface area contributed by atoms with Crippen LogP contribution < -0.4 is 0 Å². The molecule has 1 aromatic carbocycles. The van der Waals surface area contributed by atoms with Crippen LogP contribution in [-0.2, 0) is 20.0 Å². The standard InChI is InChI=1S/C10H9F3O2/c11-3-6-1-2-7(10(14)15)9(5-13)8(6)4-12/h1-2H,3-5H2,(H,14,15). The Morgan fingerprint density at radius 1 is 1.07 bits per heavy atom. The maximum absolute atomic E-state index is 12.6. The van der Waals surface area contributed by atoms with Crippen LogP contribution in [0.15, 0.2) is 12.1 Å². The topological polar surface area (TPSA) is 37.3 Å². The van der Waals surface area contributed by atoms with Crippen LogP contribution >= 0.6 is 0 Å². The molecule has 0 amide bonds. The van der Waals surface area contributed by atoms with Gasteiger partial charge in [0.1, 0.15) is 20.0 Å². The number of carboxylic acids is 1. The number of carbonyl (C=O) groups is 1. The molecule has 0 unspecified atom stereocenters. The Morgan fingerprint density at radius 2 is 1.67 bits per heavy atom. The van der Waals surface area contributed by atoms with Crippen LogP contribution in [0.3, 0.4) is 0 Å². The largest absolute Gasteiger partial charge is 0.478 e. The van der Waals surface area contributed by atoms with E-state index < -0.39 is 26.0 Å². The molecule has 0 radical (unpaired) electrons. The van der Waals surface area contributed by atoms with E-state index in [1.54, 1.807) is 0 Å². The first-order valence-electron chi connectivity index (χ1n) is 4.20. The molecule has 82 valence electrons. The zero-order valence-corrected chi connectivity index (χ0v) is 7.77. The lowest BCUT2D eigenvalue weighted by atomic mass is 9.98. The van der Waals surface area contributed by atoms with Gasteiger partial charge >= 0.3 is 5.97 Å². The van der Waals surface area contributed by atoms with Gasteiger partial charge in [0.15, 0.2) is 0 Å². The van der Waals surface area contributed by atoms with Crippen LogP contribution in [0.4, 0.5) is 13.2 Å². The highest BCUT2D eigenvalue weighted by molar-refractivity contribution is 5.90. The van der Waals surface area contributed by atoms with E-state index in [-0.39, 0.29) is 22.3 Å².